The molecule has 0 saturated carbocycles. The third kappa shape index (κ3) is 2.62. The van der Waals surface area contributed by atoms with Gasteiger partial charge in [-0.15, -0.1) is 0 Å². The predicted molar refractivity (Wildman–Crippen MR) is 93.2 cm³/mol. The number of nitrogens with one attached hydrogen (secondary N) is 1. The molecule has 3 heterocycles. The first-order valence-corrected chi connectivity index (χ1v) is 8.18. The Morgan fingerprint density at radius 1 is 1.29 bits per heavy atom. The van der Waals surface area contributed by atoms with E-state index in [1.807, 2.05) is 18.2 Å². The number of para-hydroxylation sites is 1. The van der Waals surface area contributed by atoms with Gasteiger partial charge >= 0.3 is 0 Å². The maximum Gasteiger partial charge on any atom is 0.287 e. The second kappa shape index (κ2) is 6.00. The molecule has 1 N–H and O–H groups in total. The van der Waals surface area contributed by atoms with Gasteiger partial charge in [0.25, 0.3) is 5.91 Å². The van der Waals surface area contributed by atoms with Crippen molar-refractivity contribution in [2.75, 3.05) is 18.5 Å². The Morgan fingerprint density at radius 3 is 3.04 bits per heavy atom. The van der Waals surface area contributed by atoms with E-state index in [4.69, 9.17) is 4.42 Å². The summed E-state index contributed by atoms with van der Waals surface area (Å²) in [4.78, 5) is 19.1. The number of rotatable bonds is 2. The van der Waals surface area contributed by atoms with Crippen molar-refractivity contribution in [2.24, 2.45) is 0 Å². The first kappa shape index (κ1) is 14.8. The van der Waals surface area contributed by atoms with Crippen LogP contribution in [-0.4, -0.2) is 24.5 Å². The zero-order chi connectivity index (χ0) is 16.5. The molecule has 0 radical (unpaired) electrons. The van der Waals surface area contributed by atoms with E-state index in [0.717, 1.165) is 24.9 Å². The highest BCUT2D eigenvalue weighted by Crippen LogP contribution is 2.32. The molecule has 122 valence electrons. The Bertz CT molecular complexity index is 854. The molecule has 0 spiro atoms. The molecule has 0 bridgehead atoms. The van der Waals surface area contributed by atoms with Crippen LogP contribution >= 0.6 is 0 Å². The van der Waals surface area contributed by atoms with Crippen LogP contribution in [0.2, 0.25) is 0 Å². The summed E-state index contributed by atoms with van der Waals surface area (Å²) in [6.07, 6.45) is 3.63. The van der Waals surface area contributed by atoms with Crippen LogP contribution in [0.25, 0.3) is 11.1 Å². The van der Waals surface area contributed by atoms with Crippen molar-refractivity contribution in [3.63, 3.8) is 0 Å². The topological polar surface area (TPSA) is 58.4 Å². The van der Waals surface area contributed by atoms with Crippen molar-refractivity contribution >= 4 is 22.7 Å². The highest BCUT2D eigenvalue weighted by molar-refractivity contribution is 5.95. The lowest BCUT2D eigenvalue weighted by Crippen LogP contribution is -2.28. The van der Waals surface area contributed by atoms with Gasteiger partial charge in [0.05, 0.1) is 6.04 Å². The summed E-state index contributed by atoms with van der Waals surface area (Å²) in [5.41, 5.74) is 3.65. The number of pyridine rings is 1. The number of furan rings is 1. The molecular formula is C19H19N3O2. The lowest BCUT2D eigenvalue weighted by molar-refractivity contribution is 0.0909. The number of hydrogen-bond donors (Lipinski definition) is 1. The van der Waals surface area contributed by atoms with Gasteiger partial charge in [0, 0.05) is 31.5 Å². The van der Waals surface area contributed by atoms with Crippen LogP contribution < -0.4 is 10.2 Å². The quantitative estimate of drug-likeness (QED) is 0.784. The predicted octanol–water partition coefficient (Wildman–Crippen LogP) is 3.53. The number of hydrogen-bond acceptors (Lipinski definition) is 4. The Kier molecular flexibility index (Phi) is 3.69. The summed E-state index contributed by atoms with van der Waals surface area (Å²) in [6.45, 7) is 0.984. The van der Waals surface area contributed by atoms with E-state index in [1.165, 1.54) is 5.69 Å². The third-order valence-corrected chi connectivity index (χ3v) is 4.53. The fourth-order valence-electron chi connectivity index (χ4n) is 3.30. The zero-order valence-corrected chi connectivity index (χ0v) is 13.5. The van der Waals surface area contributed by atoms with Crippen LogP contribution in [0.4, 0.5) is 5.69 Å². The lowest BCUT2D eigenvalue weighted by Gasteiger charge is -2.21. The van der Waals surface area contributed by atoms with Gasteiger partial charge in [-0.1, -0.05) is 18.2 Å². The van der Waals surface area contributed by atoms with E-state index >= 15 is 0 Å². The summed E-state index contributed by atoms with van der Waals surface area (Å²) in [5, 5.41) is 3.13. The molecule has 5 heteroatoms. The maximum atomic E-state index is 12.6. The molecule has 0 unspecified atom stereocenters. The summed E-state index contributed by atoms with van der Waals surface area (Å²) in [7, 11) is 2.09. The van der Waals surface area contributed by atoms with Gasteiger partial charge in [-0.2, -0.15) is 0 Å². The van der Waals surface area contributed by atoms with E-state index in [2.05, 4.69) is 34.4 Å². The normalized spacial score (nSPS) is 17.4. The van der Waals surface area contributed by atoms with Crippen LogP contribution in [0.3, 0.4) is 0 Å². The Balaban J connectivity index is 1.62. The van der Waals surface area contributed by atoms with Gasteiger partial charge in [0.1, 0.15) is 5.52 Å². The molecule has 0 saturated heterocycles. The minimum atomic E-state index is -0.197. The van der Waals surface area contributed by atoms with Crippen LogP contribution in [0.1, 0.15) is 35.0 Å². The van der Waals surface area contributed by atoms with Gasteiger partial charge in [-0.05, 0) is 36.6 Å². The highest BCUT2D eigenvalue weighted by atomic mass is 16.3. The fraction of sp³-hybridized carbons (Fsp3) is 0.263. The number of carbonyl (C=O) groups excluding carboxylic acids is 1. The van der Waals surface area contributed by atoms with Gasteiger partial charge in [-0.25, -0.2) is 0 Å². The number of carbonyl (C=O) groups is 1. The minimum Gasteiger partial charge on any atom is -0.449 e. The molecule has 3 aromatic rings. The first-order valence-electron chi connectivity index (χ1n) is 8.18. The van der Waals surface area contributed by atoms with Crippen LogP contribution in [0.15, 0.2) is 53.1 Å². The highest BCUT2D eigenvalue weighted by Gasteiger charge is 2.24. The number of nitrogens with zero attached hydrogens (tertiary/aromatic N) is 2. The van der Waals surface area contributed by atoms with Crippen LogP contribution in [0.5, 0.6) is 0 Å². The van der Waals surface area contributed by atoms with Crippen molar-refractivity contribution in [1.29, 1.82) is 0 Å². The summed E-state index contributed by atoms with van der Waals surface area (Å²) in [5.74, 6) is 0.108. The smallest absolute Gasteiger partial charge is 0.287 e. The Hall–Kier alpha value is -2.82. The van der Waals surface area contributed by atoms with E-state index < -0.39 is 0 Å². The summed E-state index contributed by atoms with van der Waals surface area (Å²) in [6, 6.07) is 13.5. The average molecular weight is 321 g/mol. The second-order valence-electron chi connectivity index (χ2n) is 6.15. The van der Waals surface area contributed by atoms with Crippen molar-refractivity contribution < 1.29 is 9.21 Å². The van der Waals surface area contributed by atoms with Crippen molar-refractivity contribution in [1.82, 2.24) is 10.3 Å². The van der Waals surface area contributed by atoms with Gasteiger partial charge in [-0.3, -0.25) is 9.78 Å². The molecule has 1 amide bonds. The van der Waals surface area contributed by atoms with Crippen LogP contribution in [-0.2, 0) is 0 Å². The molecule has 1 atom stereocenters. The maximum absolute atomic E-state index is 12.6. The molecule has 2 aromatic heterocycles. The molecule has 5 nitrogen and oxygen atoms in total. The number of fused-ring (bicyclic) bond motifs is 2. The average Bonchev–Trinajstić information content (AvgIpc) is 2.98. The molecule has 1 aliphatic heterocycles. The summed E-state index contributed by atoms with van der Waals surface area (Å²) >= 11 is 0. The number of amides is 1. The molecule has 1 aromatic carbocycles. The first-order chi connectivity index (χ1) is 11.7. The minimum absolute atomic E-state index is 0.0141. The van der Waals surface area contributed by atoms with Crippen molar-refractivity contribution in [3.8, 4) is 0 Å². The Morgan fingerprint density at radius 2 is 2.17 bits per heavy atom. The van der Waals surface area contributed by atoms with E-state index in [0.29, 0.717) is 16.9 Å². The largest absolute Gasteiger partial charge is 0.449 e. The van der Waals surface area contributed by atoms with Crippen LogP contribution in [0, 0.1) is 0 Å². The number of benzene rings is 1. The van der Waals surface area contributed by atoms with Crippen molar-refractivity contribution in [2.45, 2.75) is 18.9 Å². The Labute approximate surface area is 140 Å². The number of aromatic nitrogens is 1. The van der Waals surface area contributed by atoms with E-state index in [1.54, 1.807) is 18.3 Å². The molecule has 4 rings (SSSR count). The van der Waals surface area contributed by atoms with Crippen molar-refractivity contribution in [3.05, 3.63) is 60.0 Å². The number of anilines is 1. The zero-order valence-electron chi connectivity index (χ0n) is 13.5. The monoisotopic (exact) mass is 321 g/mol. The molecule has 0 aliphatic carbocycles. The lowest BCUT2D eigenvalue weighted by atomic mass is 10.0. The molecule has 24 heavy (non-hydrogen) atoms. The second-order valence-corrected chi connectivity index (χ2v) is 6.15. The van der Waals surface area contributed by atoms with Gasteiger partial charge < -0.3 is 14.6 Å². The molecule has 1 aliphatic rings. The SMILES string of the molecule is CN1CCC[C@H](NC(=O)c2cc3ncccc3o2)c2ccccc21. The third-order valence-electron chi connectivity index (χ3n) is 4.53. The van der Waals surface area contributed by atoms with E-state index in [9.17, 15) is 4.79 Å². The van der Waals surface area contributed by atoms with E-state index in [-0.39, 0.29) is 11.9 Å². The molecular weight excluding hydrogens is 302 g/mol. The summed E-state index contributed by atoms with van der Waals surface area (Å²) < 4.78 is 5.63. The standard InChI is InChI=1S/C19H19N3O2/c1-22-11-5-7-14(13-6-2-3-8-16(13)22)21-19(23)18-12-15-17(24-18)9-4-10-20-15/h2-4,6,8-10,12,14H,5,7,11H2,1H3,(H,21,23)/t14-/m0/s1. The molecule has 0 fully saturated rings. The van der Waals surface area contributed by atoms with Gasteiger partial charge in [0.15, 0.2) is 11.3 Å². The van der Waals surface area contributed by atoms with Gasteiger partial charge in [0.2, 0.25) is 0 Å². The fourth-order valence-corrected chi connectivity index (χ4v) is 3.30.